The van der Waals surface area contributed by atoms with Crippen LogP contribution in [-0.4, -0.2) is 41.5 Å². The van der Waals surface area contributed by atoms with Crippen molar-refractivity contribution in [2.75, 3.05) is 19.7 Å². The SMILES string of the molecule is CCOC1CCN(C(=O)c2ccc([N+](=O)[O-])c(Cl)c2)CC1. The number of hydrogen-bond acceptors (Lipinski definition) is 4. The number of rotatable bonds is 4. The van der Waals surface area contributed by atoms with Crippen molar-refractivity contribution in [3.63, 3.8) is 0 Å². The van der Waals surface area contributed by atoms with Crippen molar-refractivity contribution in [3.05, 3.63) is 38.9 Å². The van der Waals surface area contributed by atoms with Gasteiger partial charge in [-0.1, -0.05) is 11.6 Å². The Labute approximate surface area is 127 Å². The molecule has 0 radical (unpaired) electrons. The number of nitrogens with zero attached hydrogens (tertiary/aromatic N) is 2. The number of nitro benzene ring substituents is 1. The fourth-order valence-electron chi connectivity index (χ4n) is 2.43. The van der Waals surface area contributed by atoms with Crippen LogP contribution in [0.1, 0.15) is 30.1 Å². The van der Waals surface area contributed by atoms with Crippen molar-refractivity contribution in [2.24, 2.45) is 0 Å². The Morgan fingerprint density at radius 1 is 1.48 bits per heavy atom. The highest BCUT2D eigenvalue weighted by molar-refractivity contribution is 6.33. The second-order valence-corrected chi connectivity index (χ2v) is 5.28. The largest absolute Gasteiger partial charge is 0.378 e. The summed E-state index contributed by atoms with van der Waals surface area (Å²) in [7, 11) is 0. The van der Waals surface area contributed by atoms with Gasteiger partial charge in [0.15, 0.2) is 0 Å². The molecule has 0 N–H and O–H groups in total. The molecule has 1 aromatic carbocycles. The molecule has 7 heteroatoms. The summed E-state index contributed by atoms with van der Waals surface area (Å²) in [6.07, 6.45) is 1.82. The maximum atomic E-state index is 12.4. The molecule has 1 saturated heterocycles. The van der Waals surface area contributed by atoms with Crippen LogP contribution in [-0.2, 0) is 4.74 Å². The van der Waals surface area contributed by atoms with Crippen molar-refractivity contribution in [1.82, 2.24) is 4.90 Å². The van der Waals surface area contributed by atoms with Crippen LogP contribution in [0.25, 0.3) is 0 Å². The zero-order chi connectivity index (χ0) is 15.4. The summed E-state index contributed by atoms with van der Waals surface area (Å²) in [5, 5.41) is 10.7. The first-order chi connectivity index (χ1) is 10.0. The van der Waals surface area contributed by atoms with Gasteiger partial charge in [-0.2, -0.15) is 0 Å². The van der Waals surface area contributed by atoms with Crippen LogP contribution in [0, 0.1) is 10.1 Å². The number of hydrogen-bond donors (Lipinski definition) is 0. The standard InChI is InChI=1S/C14H17ClN2O4/c1-2-21-11-5-7-16(8-6-11)14(18)10-3-4-13(17(19)20)12(15)9-10/h3-4,9,11H,2,5-8H2,1H3. The first kappa shape index (κ1) is 15.7. The Morgan fingerprint density at radius 2 is 2.14 bits per heavy atom. The quantitative estimate of drug-likeness (QED) is 0.633. The highest BCUT2D eigenvalue weighted by Gasteiger charge is 2.25. The van der Waals surface area contributed by atoms with Crippen molar-refractivity contribution < 1.29 is 14.5 Å². The average molecular weight is 313 g/mol. The van der Waals surface area contributed by atoms with Crippen molar-refractivity contribution >= 4 is 23.2 Å². The normalized spacial score (nSPS) is 16.0. The maximum absolute atomic E-state index is 12.4. The smallest absolute Gasteiger partial charge is 0.287 e. The first-order valence-electron chi connectivity index (χ1n) is 6.87. The Kier molecular flexibility index (Phi) is 5.14. The Bertz CT molecular complexity index is 542. The van der Waals surface area contributed by atoms with Gasteiger partial charge in [0.25, 0.3) is 11.6 Å². The molecule has 1 aliphatic heterocycles. The highest BCUT2D eigenvalue weighted by atomic mass is 35.5. The van der Waals surface area contributed by atoms with E-state index in [1.54, 1.807) is 4.90 Å². The number of likely N-dealkylation sites (tertiary alicyclic amines) is 1. The third-order valence-electron chi connectivity index (χ3n) is 3.52. The van der Waals surface area contributed by atoms with E-state index in [2.05, 4.69) is 0 Å². The van der Waals surface area contributed by atoms with E-state index in [0.717, 1.165) is 12.8 Å². The Balaban J connectivity index is 2.04. The summed E-state index contributed by atoms with van der Waals surface area (Å²) in [4.78, 5) is 24.2. The molecular formula is C14H17ClN2O4. The summed E-state index contributed by atoms with van der Waals surface area (Å²) < 4.78 is 5.54. The summed E-state index contributed by atoms with van der Waals surface area (Å²) in [6, 6.07) is 4.07. The highest BCUT2D eigenvalue weighted by Crippen LogP contribution is 2.26. The molecule has 0 spiro atoms. The number of nitro groups is 1. The first-order valence-corrected chi connectivity index (χ1v) is 7.25. The Hall–Kier alpha value is -1.66. The van der Waals surface area contributed by atoms with E-state index < -0.39 is 4.92 Å². The minimum Gasteiger partial charge on any atom is -0.378 e. The van der Waals surface area contributed by atoms with Crippen molar-refractivity contribution in [1.29, 1.82) is 0 Å². The van der Waals surface area contributed by atoms with E-state index in [1.807, 2.05) is 6.92 Å². The van der Waals surface area contributed by atoms with Crippen LogP contribution in [0.4, 0.5) is 5.69 Å². The van der Waals surface area contributed by atoms with Crippen LogP contribution < -0.4 is 0 Å². The number of carbonyl (C=O) groups excluding carboxylic acids is 1. The summed E-state index contributed by atoms with van der Waals surface area (Å²) in [5.74, 6) is -0.151. The Morgan fingerprint density at radius 3 is 2.67 bits per heavy atom. The van der Waals surface area contributed by atoms with Gasteiger partial charge in [0.1, 0.15) is 5.02 Å². The lowest BCUT2D eigenvalue weighted by molar-refractivity contribution is -0.384. The molecule has 1 aliphatic rings. The third-order valence-corrected chi connectivity index (χ3v) is 3.83. The lowest BCUT2D eigenvalue weighted by Crippen LogP contribution is -2.40. The second kappa shape index (κ2) is 6.87. The molecule has 0 saturated carbocycles. The summed E-state index contributed by atoms with van der Waals surface area (Å²) in [6.45, 7) is 3.88. The molecule has 2 rings (SSSR count). The lowest BCUT2D eigenvalue weighted by atomic mass is 10.1. The molecule has 0 bridgehead atoms. The van der Waals surface area contributed by atoms with Crippen molar-refractivity contribution in [2.45, 2.75) is 25.9 Å². The molecule has 0 aromatic heterocycles. The van der Waals surface area contributed by atoms with Gasteiger partial charge < -0.3 is 9.64 Å². The lowest BCUT2D eigenvalue weighted by Gasteiger charge is -2.31. The van der Waals surface area contributed by atoms with Gasteiger partial charge in [-0.05, 0) is 31.9 Å². The second-order valence-electron chi connectivity index (χ2n) is 4.87. The number of piperidine rings is 1. The van der Waals surface area contributed by atoms with E-state index in [4.69, 9.17) is 16.3 Å². The maximum Gasteiger partial charge on any atom is 0.287 e. The van der Waals surface area contributed by atoms with Gasteiger partial charge in [0, 0.05) is 31.3 Å². The number of halogens is 1. The van der Waals surface area contributed by atoms with E-state index in [1.165, 1.54) is 18.2 Å². The number of carbonyl (C=O) groups is 1. The minimum atomic E-state index is -0.565. The molecule has 0 aliphatic carbocycles. The topological polar surface area (TPSA) is 72.7 Å². The fourth-order valence-corrected chi connectivity index (χ4v) is 2.68. The summed E-state index contributed by atoms with van der Waals surface area (Å²) in [5.41, 5.74) is 0.184. The third kappa shape index (κ3) is 3.71. The number of ether oxygens (including phenoxy) is 1. The van der Waals surface area contributed by atoms with Gasteiger partial charge in [0.05, 0.1) is 11.0 Å². The van der Waals surface area contributed by atoms with Crippen LogP contribution in [0.15, 0.2) is 18.2 Å². The minimum absolute atomic E-state index is 0.0185. The monoisotopic (exact) mass is 312 g/mol. The van der Waals surface area contributed by atoms with Crippen LogP contribution in [0.2, 0.25) is 5.02 Å². The molecule has 0 unspecified atom stereocenters. The number of amides is 1. The molecule has 1 amide bonds. The molecule has 1 heterocycles. The zero-order valence-corrected chi connectivity index (χ0v) is 12.5. The molecule has 1 aromatic rings. The van der Waals surface area contributed by atoms with E-state index in [0.29, 0.717) is 25.3 Å². The fraction of sp³-hybridized carbons (Fsp3) is 0.500. The number of benzene rings is 1. The van der Waals surface area contributed by atoms with Gasteiger partial charge in [0.2, 0.25) is 0 Å². The predicted molar refractivity (Wildman–Crippen MR) is 78.7 cm³/mol. The van der Waals surface area contributed by atoms with Crippen LogP contribution >= 0.6 is 11.6 Å². The van der Waals surface area contributed by atoms with E-state index in [-0.39, 0.29) is 22.7 Å². The molecule has 6 nitrogen and oxygen atoms in total. The van der Waals surface area contributed by atoms with Gasteiger partial charge in [-0.15, -0.1) is 0 Å². The predicted octanol–water partition coefficient (Wildman–Crippen LogP) is 2.89. The zero-order valence-electron chi connectivity index (χ0n) is 11.8. The average Bonchev–Trinajstić information content (AvgIpc) is 2.47. The molecule has 114 valence electrons. The van der Waals surface area contributed by atoms with Gasteiger partial charge in [-0.25, -0.2) is 0 Å². The van der Waals surface area contributed by atoms with Crippen molar-refractivity contribution in [3.8, 4) is 0 Å². The van der Waals surface area contributed by atoms with Gasteiger partial charge in [-0.3, -0.25) is 14.9 Å². The van der Waals surface area contributed by atoms with Gasteiger partial charge >= 0.3 is 0 Å². The van der Waals surface area contributed by atoms with E-state index >= 15 is 0 Å². The summed E-state index contributed by atoms with van der Waals surface area (Å²) >= 11 is 5.84. The molecular weight excluding hydrogens is 296 g/mol. The van der Waals surface area contributed by atoms with E-state index in [9.17, 15) is 14.9 Å². The molecule has 0 atom stereocenters. The molecule has 1 fully saturated rings. The van der Waals surface area contributed by atoms with Crippen LogP contribution in [0.5, 0.6) is 0 Å². The van der Waals surface area contributed by atoms with Crippen LogP contribution in [0.3, 0.4) is 0 Å². The molecule has 21 heavy (non-hydrogen) atoms.